The lowest BCUT2D eigenvalue weighted by Crippen LogP contribution is -2.30. The van der Waals surface area contributed by atoms with Crippen LogP contribution >= 0.6 is 11.3 Å². The van der Waals surface area contributed by atoms with Gasteiger partial charge in [0.2, 0.25) is 0 Å². The quantitative estimate of drug-likeness (QED) is 0.341. The molecule has 152 valence electrons. The van der Waals surface area contributed by atoms with Gasteiger partial charge in [0.05, 0.1) is 5.69 Å². The number of hydrogen-bond acceptors (Lipinski definition) is 3. The van der Waals surface area contributed by atoms with Crippen LogP contribution in [-0.4, -0.2) is 20.2 Å². The number of carbonyl (C=O) groups excluding carboxylic acids is 1. The van der Waals surface area contributed by atoms with Crippen LogP contribution in [0.25, 0.3) is 16.2 Å². The van der Waals surface area contributed by atoms with E-state index in [-0.39, 0.29) is 5.91 Å². The largest absolute Gasteiger partial charge is 0.329 e. The van der Waals surface area contributed by atoms with E-state index in [0.29, 0.717) is 18.8 Å². The number of thiazole rings is 1. The monoisotopic (exact) mass is 423 g/mol. The molecule has 0 spiro atoms. The molecule has 5 aromatic rings. The molecule has 2 aromatic heterocycles. The van der Waals surface area contributed by atoms with Gasteiger partial charge in [0, 0.05) is 30.2 Å². The van der Waals surface area contributed by atoms with Crippen molar-refractivity contribution >= 4 is 22.2 Å². The van der Waals surface area contributed by atoms with E-state index in [1.165, 1.54) is 11.3 Å². The Bertz CT molecular complexity index is 1250. The molecule has 2 heterocycles. The molecular weight excluding hydrogens is 402 g/mol. The Hall–Kier alpha value is -3.70. The molecule has 5 rings (SSSR count). The number of amides is 1. The standard InChI is InChI=1S/C26H21N3OS/c30-25(24-19-31-26-27-23(18-29(24)26)22-14-8-3-9-15-22)28(16-20-10-4-1-5-11-20)17-21-12-6-2-7-13-21/h1-15,18-19H,16-17H2. The molecule has 0 saturated carbocycles. The summed E-state index contributed by atoms with van der Waals surface area (Å²) < 4.78 is 1.92. The van der Waals surface area contributed by atoms with Crippen molar-refractivity contribution in [1.29, 1.82) is 0 Å². The number of nitrogens with zero attached hydrogens (tertiary/aromatic N) is 3. The molecule has 0 aliphatic carbocycles. The molecule has 0 fully saturated rings. The van der Waals surface area contributed by atoms with Gasteiger partial charge in [0.1, 0.15) is 5.69 Å². The number of aromatic nitrogens is 2. The first-order chi connectivity index (χ1) is 15.3. The molecule has 1 amide bonds. The molecule has 4 nitrogen and oxygen atoms in total. The van der Waals surface area contributed by atoms with Crippen molar-refractivity contribution in [2.45, 2.75) is 13.1 Å². The Kier molecular flexibility index (Phi) is 5.33. The van der Waals surface area contributed by atoms with Crippen LogP contribution in [0.4, 0.5) is 0 Å². The van der Waals surface area contributed by atoms with Crippen molar-refractivity contribution in [2.24, 2.45) is 0 Å². The first-order valence-electron chi connectivity index (χ1n) is 10.2. The molecule has 0 aliphatic rings. The zero-order chi connectivity index (χ0) is 21.0. The molecular formula is C26H21N3OS. The normalized spacial score (nSPS) is 11.0. The lowest BCUT2D eigenvalue weighted by atomic mass is 10.1. The highest BCUT2D eigenvalue weighted by Crippen LogP contribution is 2.25. The highest BCUT2D eigenvalue weighted by Gasteiger charge is 2.21. The molecule has 0 aliphatic heterocycles. The zero-order valence-corrected chi connectivity index (χ0v) is 17.7. The van der Waals surface area contributed by atoms with Crippen LogP contribution in [-0.2, 0) is 13.1 Å². The summed E-state index contributed by atoms with van der Waals surface area (Å²) in [5.74, 6) is -0.00373. The fraction of sp³-hybridized carbons (Fsp3) is 0.0769. The Morgan fingerprint density at radius 1 is 0.806 bits per heavy atom. The number of imidazole rings is 1. The van der Waals surface area contributed by atoms with E-state index >= 15 is 0 Å². The summed E-state index contributed by atoms with van der Waals surface area (Å²) in [4.78, 5) is 21.1. The van der Waals surface area contributed by atoms with Crippen LogP contribution < -0.4 is 0 Å². The summed E-state index contributed by atoms with van der Waals surface area (Å²) in [6.45, 7) is 1.10. The molecule has 0 saturated heterocycles. The molecule has 3 aromatic carbocycles. The van der Waals surface area contributed by atoms with Gasteiger partial charge in [-0.15, -0.1) is 11.3 Å². The first kappa shape index (κ1) is 19.3. The fourth-order valence-corrected chi connectivity index (χ4v) is 4.50. The van der Waals surface area contributed by atoms with Crippen LogP contribution in [0.5, 0.6) is 0 Å². The van der Waals surface area contributed by atoms with E-state index in [2.05, 4.69) is 24.3 Å². The Morgan fingerprint density at radius 2 is 1.35 bits per heavy atom. The summed E-state index contributed by atoms with van der Waals surface area (Å²) in [5.41, 5.74) is 4.77. The number of benzene rings is 3. The molecule has 0 atom stereocenters. The van der Waals surface area contributed by atoms with Gasteiger partial charge in [0.25, 0.3) is 5.91 Å². The van der Waals surface area contributed by atoms with E-state index in [9.17, 15) is 4.79 Å². The zero-order valence-electron chi connectivity index (χ0n) is 16.9. The maximum absolute atomic E-state index is 13.7. The van der Waals surface area contributed by atoms with Gasteiger partial charge in [-0.05, 0) is 11.1 Å². The lowest BCUT2D eigenvalue weighted by Gasteiger charge is -2.23. The molecule has 5 heteroatoms. The summed E-state index contributed by atoms with van der Waals surface area (Å²) in [6, 6.07) is 30.3. The maximum atomic E-state index is 13.7. The minimum atomic E-state index is -0.00373. The lowest BCUT2D eigenvalue weighted by molar-refractivity contribution is 0.0723. The highest BCUT2D eigenvalue weighted by molar-refractivity contribution is 7.15. The van der Waals surface area contributed by atoms with Crippen LogP contribution in [0.3, 0.4) is 0 Å². The van der Waals surface area contributed by atoms with Crippen molar-refractivity contribution in [2.75, 3.05) is 0 Å². The second-order valence-corrected chi connectivity index (χ2v) is 8.23. The fourth-order valence-electron chi connectivity index (χ4n) is 3.65. The minimum absolute atomic E-state index is 0.00373. The van der Waals surface area contributed by atoms with Crippen molar-refractivity contribution in [3.05, 3.63) is 119 Å². The number of rotatable bonds is 6. The van der Waals surface area contributed by atoms with Gasteiger partial charge < -0.3 is 4.90 Å². The Labute approximate surface area is 185 Å². The van der Waals surface area contributed by atoms with Gasteiger partial charge in [-0.25, -0.2) is 4.98 Å². The van der Waals surface area contributed by atoms with Gasteiger partial charge in [-0.1, -0.05) is 91.0 Å². The van der Waals surface area contributed by atoms with E-state index in [0.717, 1.165) is 27.3 Å². The Balaban J connectivity index is 1.49. The van der Waals surface area contributed by atoms with E-state index in [4.69, 9.17) is 4.98 Å². The third-order valence-electron chi connectivity index (χ3n) is 5.22. The van der Waals surface area contributed by atoms with Crippen molar-refractivity contribution in [3.63, 3.8) is 0 Å². The summed E-state index contributed by atoms with van der Waals surface area (Å²) >= 11 is 1.49. The van der Waals surface area contributed by atoms with Crippen LogP contribution in [0, 0.1) is 0 Å². The third-order valence-corrected chi connectivity index (χ3v) is 6.06. The second-order valence-electron chi connectivity index (χ2n) is 7.40. The minimum Gasteiger partial charge on any atom is -0.329 e. The molecule has 31 heavy (non-hydrogen) atoms. The van der Waals surface area contributed by atoms with Gasteiger partial charge in [-0.2, -0.15) is 0 Å². The number of hydrogen-bond donors (Lipinski definition) is 0. The van der Waals surface area contributed by atoms with E-state index in [1.54, 1.807) is 0 Å². The van der Waals surface area contributed by atoms with Gasteiger partial charge in [0.15, 0.2) is 4.96 Å². The predicted molar refractivity (Wildman–Crippen MR) is 125 cm³/mol. The SMILES string of the molecule is O=C(c1csc2nc(-c3ccccc3)cn12)N(Cc1ccccc1)Cc1ccccc1. The Morgan fingerprint density at radius 3 is 1.94 bits per heavy atom. The van der Waals surface area contributed by atoms with E-state index < -0.39 is 0 Å². The molecule has 0 N–H and O–H groups in total. The first-order valence-corrected chi connectivity index (χ1v) is 11.0. The average Bonchev–Trinajstić information content (AvgIpc) is 3.41. The van der Waals surface area contributed by atoms with Crippen molar-refractivity contribution < 1.29 is 4.79 Å². The molecule has 0 radical (unpaired) electrons. The molecule has 0 unspecified atom stereocenters. The van der Waals surface area contributed by atoms with Crippen LogP contribution in [0.15, 0.2) is 103 Å². The molecule has 0 bridgehead atoms. The highest BCUT2D eigenvalue weighted by atomic mass is 32.1. The smallest absolute Gasteiger partial charge is 0.272 e. The summed E-state index contributed by atoms with van der Waals surface area (Å²) in [6.07, 6.45) is 1.96. The van der Waals surface area contributed by atoms with Crippen LogP contribution in [0.1, 0.15) is 21.6 Å². The van der Waals surface area contributed by atoms with E-state index in [1.807, 2.05) is 87.6 Å². The van der Waals surface area contributed by atoms with Crippen LogP contribution in [0.2, 0.25) is 0 Å². The number of carbonyl (C=O) groups is 1. The van der Waals surface area contributed by atoms with Gasteiger partial charge in [-0.3, -0.25) is 9.20 Å². The van der Waals surface area contributed by atoms with Crippen molar-refractivity contribution in [3.8, 4) is 11.3 Å². The average molecular weight is 424 g/mol. The topological polar surface area (TPSA) is 37.6 Å². The predicted octanol–water partition coefficient (Wildman–Crippen LogP) is 5.91. The third kappa shape index (κ3) is 4.13. The maximum Gasteiger partial charge on any atom is 0.272 e. The summed E-state index contributed by atoms with van der Waals surface area (Å²) in [5, 5.41) is 1.91. The number of fused-ring (bicyclic) bond motifs is 1. The second kappa shape index (κ2) is 8.58. The summed E-state index contributed by atoms with van der Waals surface area (Å²) in [7, 11) is 0. The van der Waals surface area contributed by atoms with Gasteiger partial charge >= 0.3 is 0 Å². The van der Waals surface area contributed by atoms with Crippen molar-refractivity contribution in [1.82, 2.24) is 14.3 Å².